The van der Waals surface area contributed by atoms with Gasteiger partial charge in [0, 0.05) is 6.04 Å². The Bertz CT molecular complexity index is 168. The van der Waals surface area contributed by atoms with Gasteiger partial charge in [-0.1, -0.05) is 0 Å². The number of hydroxylamine groups is 2. The number of rotatable bonds is 4. The molecule has 0 saturated carbocycles. The molecule has 0 amide bonds. The molecule has 0 aromatic rings. The Labute approximate surface area is 98.5 Å². The molecule has 0 aliphatic carbocycles. The van der Waals surface area contributed by atoms with Crippen LogP contribution in [0.3, 0.4) is 0 Å². The number of quaternary nitrogens is 1. The Morgan fingerprint density at radius 2 is 1.38 bits per heavy atom. The highest BCUT2D eigenvalue weighted by Crippen LogP contribution is 1.99. The lowest BCUT2D eigenvalue weighted by molar-refractivity contribution is -2.00. The highest BCUT2D eigenvalue weighted by atomic mass is 35.7. The number of nitrogens with one attached hydrogen (secondary N) is 1. The number of hydrogen-bond acceptors (Lipinski definition) is 6. The molecule has 0 radical (unpaired) electrons. The second kappa shape index (κ2) is 8.15. The van der Waals surface area contributed by atoms with Crippen molar-refractivity contribution in [1.82, 2.24) is 4.90 Å². The summed E-state index contributed by atoms with van der Waals surface area (Å²) in [6.45, 7) is 4.26. The van der Waals surface area contributed by atoms with Gasteiger partial charge in [0.2, 0.25) is 0 Å². The zero-order valence-corrected chi connectivity index (χ0v) is 11.3. The Kier molecular flexibility index (Phi) is 9.36. The number of nitrogens with zero attached hydrogens (tertiary/aromatic N) is 1. The van der Waals surface area contributed by atoms with Crippen LogP contribution in [0.2, 0.25) is 0 Å². The van der Waals surface area contributed by atoms with Crippen LogP contribution >= 0.6 is 0 Å². The van der Waals surface area contributed by atoms with E-state index < -0.39 is 10.2 Å². The first-order chi connectivity index (χ1) is 6.95. The summed E-state index contributed by atoms with van der Waals surface area (Å²) in [6, 6.07) is 0.463. The maximum atomic E-state index is 8.49. The molecular weight excluding hydrogens is 240 g/mol. The van der Waals surface area contributed by atoms with E-state index in [0.29, 0.717) is 6.04 Å². The maximum Gasteiger partial charge on any atom is 0.129 e. The molecule has 0 fully saturated rings. The fourth-order valence-corrected chi connectivity index (χ4v) is 0.890. The minimum Gasteiger partial charge on any atom is -0.304 e. The first-order valence-corrected chi connectivity index (χ1v) is 5.93. The SMILES string of the molecule is CC(O[NH+](C)C)C(C)N(C)C.[O-][Cl+3]([O-])([O-])[O-]. The summed E-state index contributed by atoms with van der Waals surface area (Å²) in [5.41, 5.74) is 0. The summed E-state index contributed by atoms with van der Waals surface area (Å²) in [7, 11) is 3.16. The van der Waals surface area contributed by atoms with Gasteiger partial charge in [0.25, 0.3) is 0 Å². The van der Waals surface area contributed by atoms with Crippen molar-refractivity contribution in [2.75, 3.05) is 28.2 Å². The number of halogens is 1. The first-order valence-electron chi connectivity index (χ1n) is 4.70. The molecule has 0 saturated heterocycles. The van der Waals surface area contributed by atoms with Gasteiger partial charge in [0.1, 0.15) is 6.10 Å². The topological polar surface area (TPSA) is 109 Å². The van der Waals surface area contributed by atoms with Crippen LogP contribution in [0.4, 0.5) is 0 Å². The zero-order chi connectivity index (χ0) is 13.5. The fourth-order valence-electron chi connectivity index (χ4n) is 0.890. The summed E-state index contributed by atoms with van der Waals surface area (Å²) >= 11 is 0. The van der Waals surface area contributed by atoms with E-state index in [-0.39, 0.29) is 6.10 Å². The maximum absolute atomic E-state index is 8.49. The molecule has 8 heteroatoms. The van der Waals surface area contributed by atoms with E-state index in [0.717, 1.165) is 5.06 Å². The Morgan fingerprint density at radius 3 is 1.56 bits per heavy atom. The first kappa shape index (κ1) is 18.4. The normalized spacial score (nSPS) is 15.8. The predicted molar refractivity (Wildman–Crippen MR) is 46.5 cm³/mol. The number of likely N-dealkylation sites (N-methyl/N-ethyl adjacent to an activating group) is 1. The van der Waals surface area contributed by atoms with Gasteiger partial charge in [-0.2, -0.15) is 5.06 Å². The second-order valence-corrected chi connectivity index (χ2v) is 4.57. The molecule has 16 heavy (non-hydrogen) atoms. The van der Waals surface area contributed by atoms with Crippen LogP contribution in [0.25, 0.3) is 0 Å². The lowest BCUT2D eigenvalue weighted by Gasteiger charge is -2.25. The minimum absolute atomic E-state index is 0.273. The van der Waals surface area contributed by atoms with Crippen LogP contribution in [0.5, 0.6) is 0 Å². The predicted octanol–water partition coefficient (Wildman–Crippen LogP) is -5.35. The third kappa shape index (κ3) is 16.4. The van der Waals surface area contributed by atoms with E-state index in [2.05, 4.69) is 32.8 Å². The molecule has 100 valence electrons. The van der Waals surface area contributed by atoms with Crippen LogP contribution in [-0.2, 0) is 4.84 Å². The van der Waals surface area contributed by atoms with E-state index in [4.69, 9.17) is 23.5 Å². The van der Waals surface area contributed by atoms with Crippen molar-refractivity contribution >= 4 is 0 Å². The second-order valence-electron chi connectivity index (χ2n) is 3.81. The van der Waals surface area contributed by atoms with Gasteiger partial charge in [-0.15, -0.1) is 10.2 Å². The Hall–Kier alpha value is 0.01000. The van der Waals surface area contributed by atoms with Crippen molar-refractivity contribution in [1.29, 1.82) is 0 Å². The smallest absolute Gasteiger partial charge is 0.129 e. The van der Waals surface area contributed by atoms with Gasteiger partial charge in [0.15, 0.2) is 0 Å². The monoisotopic (exact) mass is 260 g/mol. The summed E-state index contributed by atoms with van der Waals surface area (Å²) in [5.74, 6) is 0. The van der Waals surface area contributed by atoms with Gasteiger partial charge in [-0.25, -0.2) is 23.5 Å². The van der Waals surface area contributed by atoms with Crippen molar-refractivity contribution in [3.8, 4) is 0 Å². The van der Waals surface area contributed by atoms with E-state index in [1.165, 1.54) is 0 Å². The summed E-state index contributed by atoms with van der Waals surface area (Å²) in [4.78, 5) is 7.71. The third-order valence-corrected chi connectivity index (χ3v) is 1.92. The molecule has 0 bridgehead atoms. The molecule has 1 N–H and O–H groups in total. The molecular formula is C8H21ClN2O5. The van der Waals surface area contributed by atoms with Crippen molar-refractivity contribution in [2.24, 2.45) is 0 Å². The van der Waals surface area contributed by atoms with Crippen LogP contribution in [-0.4, -0.2) is 45.2 Å². The lowest BCUT2D eigenvalue weighted by atomic mass is 10.2. The molecule has 0 aromatic heterocycles. The molecule has 2 atom stereocenters. The Morgan fingerprint density at radius 1 is 1.06 bits per heavy atom. The van der Waals surface area contributed by atoms with Crippen LogP contribution in [0, 0.1) is 10.2 Å². The zero-order valence-electron chi connectivity index (χ0n) is 10.5. The summed E-state index contributed by atoms with van der Waals surface area (Å²) in [6.07, 6.45) is 0.273. The van der Waals surface area contributed by atoms with Gasteiger partial charge < -0.3 is 4.90 Å². The highest BCUT2D eigenvalue weighted by molar-refractivity contribution is 4.65. The Balaban J connectivity index is 0. The van der Waals surface area contributed by atoms with Crippen molar-refractivity contribution in [2.45, 2.75) is 26.0 Å². The molecule has 0 aliphatic heterocycles. The molecule has 0 aromatic carbocycles. The van der Waals surface area contributed by atoms with Crippen molar-refractivity contribution in [3.63, 3.8) is 0 Å². The molecule has 2 unspecified atom stereocenters. The van der Waals surface area contributed by atoms with Gasteiger partial charge in [-0.3, -0.25) is 0 Å². The van der Waals surface area contributed by atoms with Gasteiger partial charge in [-0.05, 0) is 27.9 Å². The van der Waals surface area contributed by atoms with E-state index in [9.17, 15) is 0 Å². The summed E-state index contributed by atoms with van der Waals surface area (Å²) < 4.78 is 34.0. The van der Waals surface area contributed by atoms with Gasteiger partial charge in [0.05, 0.1) is 14.1 Å². The average Bonchev–Trinajstić information content (AvgIpc) is 1.97. The lowest BCUT2D eigenvalue weighted by Crippen LogP contribution is -3.05. The minimum atomic E-state index is -4.94. The number of hydrogen-bond donors (Lipinski definition) is 1. The molecule has 7 nitrogen and oxygen atoms in total. The highest BCUT2D eigenvalue weighted by Gasteiger charge is 2.17. The van der Waals surface area contributed by atoms with Crippen LogP contribution < -0.4 is 23.7 Å². The van der Waals surface area contributed by atoms with Crippen LogP contribution in [0.1, 0.15) is 13.8 Å². The summed E-state index contributed by atoms with van der Waals surface area (Å²) in [5, 5.41) is 1.03. The van der Waals surface area contributed by atoms with Gasteiger partial charge >= 0.3 is 0 Å². The van der Waals surface area contributed by atoms with E-state index in [1.807, 2.05) is 14.1 Å². The molecule has 0 aliphatic rings. The molecule has 0 rings (SSSR count). The van der Waals surface area contributed by atoms with Crippen LogP contribution in [0.15, 0.2) is 0 Å². The molecule has 0 spiro atoms. The molecule has 0 heterocycles. The van der Waals surface area contributed by atoms with Crippen molar-refractivity contribution < 1.29 is 38.8 Å². The van der Waals surface area contributed by atoms with E-state index >= 15 is 0 Å². The fraction of sp³-hybridized carbons (Fsp3) is 1.00. The largest absolute Gasteiger partial charge is 0.304 e. The van der Waals surface area contributed by atoms with E-state index in [1.54, 1.807) is 0 Å². The quantitative estimate of drug-likeness (QED) is 0.506. The van der Waals surface area contributed by atoms with Crippen molar-refractivity contribution in [3.05, 3.63) is 0 Å². The third-order valence-electron chi connectivity index (χ3n) is 1.92. The standard InChI is InChI=1S/C8H20N2O.ClHO4/c1-7(9(3)4)8(2)11-10(5)6;2-1(3,4)5/h7-8H,1-6H3;(H,2,3,4,5). The average molecular weight is 261 g/mol.